The number of pyridine rings is 1. The van der Waals surface area contributed by atoms with E-state index in [4.69, 9.17) is 0 Å². The summed E-state index contributed by atoms with van der Waals surface area (Å²) in [7, 11) is -3.78. The molecular formula is C21H23N5O3S. The van der Waals surface area contributed by atoms with Gasteiger partial charge in [0.2, 0.25) is 0 Å². The number of fused-ring (bicyclic) bond motifs is 3. The molecule has 0 radical (unpaired) electrons. The van der Waals surface area contributed by atoms with Crippen LogP contribution in [0.4, 0.5) is 0 Å². The number of rotatable bonds is 4. The monoisotopic (exact) mass is 425 g/mol. The van der Waals surface area contributed by atoms with Crippen molar-refractivity contribution in [2.45, 2.75) is 43.7 Å². The largest absolute Gasteiger partial charge is 0.391 e. The van der Waals surface area contributed by atoms with Gasteiger partial charge in [-0.1, -0.05) is 24.6 Å². The van der Waals surface area contributed by atoms with Gasteiger partial charge in [0.1, 0.15) is 17.4 Å². The first kappa shape index (κ1) is 19.1. The zero-order chi connectivity index (χ0) is 21.0. The predicted octanol–water partition coefficient (Wildman–Crippen LogP) is 2.41. The number of aliphatic hydroxyl groups is 1. The SMILES string of the molecule is CC[C@@H]1C[C@@H](O)CN1n1cnc2cnc3c(ccn3S(=O)(=O)c3ccc(C)cc3)c21. The molecule has 0 spiro atoms. The standard InChI is InChI=1S/C21H23N5O3S/c1-3-15-10-16(27)12-24(15)25-13-23-19-11-22-21-18(20(19)25)8-9-26(21)30(28,29)17-6-4-14(2)5-7-17/h4-9,11,13,15-16,27H,3,10,12H2,1-2H3/t15-,16-/m1/s1. The van der Waals surface area contributed by atoms with Crippen molar-refractivity contribution in [2.75, 3.05) is 11.6 Å². The van der Waals surface area contributed by atoms with E-state index in [-0.39, 0.29) is 10.9 Å². The van der Waals surface area contributed by atoms with Crippen LogP contribution in [-0.2, 0) is 10.0 Å². The highest BCUT2D eigenvalue weighted by atomic mass is 32.2. The van der Waals surface area contributed by atoms with Gasteiger partial charge in [-0.2, -0.15) is 0 Å². The third-order valence-electron chi connectivity index (χ3n) is 5.86. The van der Waals surface area contributed by atoms with Gasteiger partial charge in [-0.05, 0) is 38.0 Å². The third-order valence-corrected chi connectivity index (χ3v) is 7.54. The van der Waals surface area contributed by atoms with Crippen molar-refractivity contribution in [3.63, 3.8) is 0 Å². The first-order chi connectivity index (χ1) is 14.4. The lowest BCUT2D eigenvalue weighted by Crippen LogP contribution is -2.38. The number of hydrogen-bond donors (Lipinski definition) is 1. The Morgan fingerprint density at radius 1 is 1.17 bits per heavy atom. The Balaban J connectivity index is 1.69. The van der Waals surface area contributed by atoms with Crippen LogP contribution in [0.1, 0.15) is 25.3 Å². The molecule has 1 aromatic carbocycles. The third kappa shape index (κ3) is 2.80. The average molecular weight is 426 g/mol. The molecule has 9 heteroatoms. The highest BCUT2D eigenvalue weighted by Gasteiger charge is 2.31. The van der Waals surface area contributed by atoms with E-state index in [0.717, 1.165) is 17.5 Å². The maximum atomic E-state index is 13.2. The zero-order valence-electron chi connectivity index (χ0n) is 16.8. The number of hydrogen-bond acceptors (Lipinski definition) is 6. The summed E-state index contributed by atoms with van der Waals surface area (Å²) >= 11 is 0. The quantitative estimate of drug-likeness (QED) is 0.540. The fourth-order valence-electron chi connectivity index (χ4n) is 4.28. The molecule has 1 aliphatic rings. The Morgan fingerprint density at radius 2 is 1.93 bits per heavy atom. The molecule has 0 bridgehead atoms. The minimum Gasteiger partial charge on any atom is -0.391 e. The Hall–Kier alpha value is -2.91. The van der Waals surface area contributed by atoms with Crippen molar-refractivity contribution in [1.82, 2.24) is 18.6 Å². The molecule has 0 unspecified atom stereocenters. The van der Waals surface area contributed by atoms with Crippen LogP contribution in [0.25, 0.3) is 22.1 Å². The second-order valence-electron chi connectivity index (χ2n) is 7.82. The van der Waals surface area contributed by atoms with Gasteiger partial charge in [0.15, 0.2) is 5.65 Å². The fraction of sp³-hybridized carbons (Fsp3) is 0.333. The Morgan fingerprint density at radius 3 is 2.67 bits per heavy atom. The molecule has 1 saturated heterocycles. The van der Waals surface area contributed by atoms with Crippen LogP contribution < -0.4 is 5.01 Å². The second kappa shape index (κ2) is 6.82. The molecule has 0 saturated carbocycles. The molecule has 5 rings (SSSR count). The van der Waals surface area contributed by atoms with E-state index >= 15 is 0 Å². The molecule has 3 aromatic heterocycles. The highest BCUT2D eigenvalue weighted by Crippen LogP contribution is 2.29. The van der Waals surface area contributed by atoms with Crippen molar-refractivity contribution in [1.29, 1.82) is 0 Å². The van der Waals surface area contributed by atoms with E-state index in [1.54, 1.807) is 49.1 Å². The van der Waals surface area contributed by atoms with Gasteiger partial charge in [-0.3, -0.25) is 0 Å². The molecule has 1 N–H and O–H groups in total. The van der Waals surface area contributed by atoms with Crippen molar-refractivity contribution in [3.05, 3.63) is 54.6 Å². The van der Waals surface area contributed by atoms with E-state index in [9.17, 15) is 13.5 Å². The Kier molecular flexibility index (Phi) is 4.33. The molecular weight excluding hydrogens is 402 g/mol. The molecule has 156 valence electrons. The van der Waals surface area contributed by atoms with Crippen molar-refractivity contribution < 1.29 is 13.5 Å². The van der Waals surface area contributed by atoms with Gasteiger partial charge in [-0.25, -0.2) is 27.0 Å². The highest BCUT2D eigenvalue weighted by molar-refractivity contribution is 7.90. The number of benzene rings is 1. The summed E-state index contributed by atoms with van der Waals surface area (Å²) in [5.74, 6) is 0. The summed E-state index contributed by atoms with van der Waals surface area (Å²) in [5.41, 5.74) is 2.83. The summed E-state index contributed by atoms with van der Waals surface area (Å²) in [4.78, 5) is 9.10. The molecule has 30 heavy (non-hydrogen) atoms. The molecule has 1 aliphatic heterocycles. The molecule has 0 amide bonds. The van der Waals surface area contributed by atoms with Gasteiger partial charge in [-0.15, -0.1) is 0 Å². The second-order valence-corrected chi connectivity index (χ2v) is 9.64. The Labute approximate surface area is 174 Å². The number of imidazole rings is 1. The first-order valence-electron chi connectivity index (χ1n) is 10.0. The number of aromatic nitrogens is 4. The van der Waals surface area contributed by atoms with Crippen LogP contribution in [0.5, 0.6) is 0 Å². The summed E-state index contributed by atoms with van der Waals surface area (Å²) < 4.78 is 29.6. The predicted molar refractivity (Wildman–Crippen MR) is 115 cm³/mol. The van der Waals surface area contributed by atoms with Crippen LogP contribution in [0.15, 0.2) is 53.9 Å². The van der Waals surface area contributed by atoms with Crippen molar-refractivity contribution >= 4 is 32.1 Å². The van der Waals surface area contributed by atoms with Crippen molar-refractivity contribution in [2.24, 2.45) is 0 Å². The first-order valence-corrected chi connectivity index (χ1v) is 11.4. The summed E-state index contributed by atoms with van der Waals surface area (Å²) in [5, 5.41) is 13.0. The van der Waals surface area contributed by atoms with E-state index < -0.39 is 16.1 Å². The number of β-amino-alcohol motifs (C(OH)–C–C–N with tert-alkyl or cyclic N) is 1. The summed E-state index contributed by atoms with van der Waals surface area (Å²) in [6.07, 6.45) is 6.07. The minimum atomic E-state index is -3.78. The lowest BCUT2D eigenvalue weighted by atomic mass is 10.1. The maximum absolute atomic E-state index is 13.2. The molecule has 1 fully saturated rings. The molecule has 4 aromatic rings. The molecule has 2 atom stereocenters. The van der Waals surface area contributed by atoms with Crippen molar-refractivity contribution in [3.8, 4) is 0 Å². The van der Waals surface area contributed by atoms with E-state index in [1.165, 1.54) is 3.97 Å². The van der Waals surface area contributed by atoms with Gasteiger partial charge in [0.25, 0.3) is 10.0 Å². The number of aryl methyl sites for hydroxylation is 1. The van der Waals surface area contributed by atoms with Crippen LogP contribution >= 0.6 is 0 Å². The normalized spacial score (nSPS) is 19.9. The Bertz CT molecular complexity index is 1340. The van der Waals surface area contributed by atoms with Gasteiger partial charge in [0.05, 0.1) is 23.7 Å². The lowest BCUT2D eigenvalue weighted by molar-refractivity contribution is 0.193. The van der Waals surface area contributed by atoms with Gasteiger partial charge in [0, 0.05) is 17.6 Å². The number of aliphatic hydroxyl groups excluding tert-OH is 1. The fourth-order valence-corrected chi connectivity index (χ4v) is 5.58. The van der Waals surface area contributed by atoms with Gasteiger partial charge < -0.3 is 10.1 Å². The van der Waals surface area contributed by atoms with E-state index in [0.29, 0.717) is 29.5 Å². The topological polar surface area (TPSA) is 93.2 Å². The number of nitrogens with zero attached hydrogens (tertiary/aromatic N) is 5. The molecule has 0 aliphatic carbocycles. The van der Waals surface area contributed by atoms with Crippen LogP contribution in [0, 0.1) is 6.92 Å². The average Bonchev–Trinajstić information content (AvgIpc) is 3.43. The van der Waals surface area contributed by atoms with Crippen LogP contribution in [0.2, 0.25) is 0 Å². The smallest absolute Gasteiger partial charge is 0.269 e. The summed E-state index contributed by atoms with van der Waals surface area (Å²) in [6, 6.07) is 8.74. The van der Waals surface area contributed by atoms with Crippen LogP contribution in [0.3, 0.4) is 0 Å². The zero-order valence-corrected chi connectivity index (χ0v) is 17.6. The minimum absolute atomic E-state index is 0.194. The van der Waals surface area contributed by atoms with E-state index in [2.05, 4.69) is 21.9 Å². The molecule has 8 nitrogen and oxygen atoms in total. The molecule has 4 heterocycles. The lowest BCUT2D eigenvalue weighted by Gasteiger charge is -2.27. The summed E-state index contributed by atoms with van der Waals surface area (Å²) in [6.45, 7) is 4.52. The van der Waals surface area contributed by atoms with Gasteiger partial charge >= 0.3 is 0 Å². The maximum Gasteiger partial charge on any atom is 0.269 e. The van der Waals surface area contributed by atoms with E-state index in [1.807, 2.05) is 11.6 Å². The van der Waals surface area contributed by atoms with Crippen LogP contribution in [-0.4, -0.2) is 50.8 Å².